The standard InChI is InChI=1S/C19H16S/c1-2-12-20-17-11-9-15-7-6-13-4-3-5-14-8-10-16(17)19(15)18(13)14/h3-11H,2,12H2,1H3. The van der Waals surface area contributed by atoms with Gasteiger partial charge in [-0.15, -0.1) is 11.8 Å². The van der Waals surface area contributed by atoms with Crippen LogP contribution in [0.25, 0.3) is 32.3 Å². The minimum atomic E-state index is 1.18. The lowest BCUT2D eigenvalue weighted by atomic mass is 9.94. The summed E-state index contributed by atoms with van der Waals surface area (Å²) in [5.41, 5.74) is 0. The van der Waals surface area contributed by atoms with Crippen LogP contribution in [0, 0.1) is 0 Å². The smallest absolute Gasteiger partial charge is 0.0151 e. The van der Waals surface area contributed by atoms with E-state index in [0.717, 1.165) is 0 Å². The van der Waals surface area contributed by atoms with Gasteiger partial charge in [0.05, 0.1) is 0 Å². The molecule has 4 rings (SSSR count). The molecule has 0 radical (unpaired) electrons. The second-order valence-electron chi connectivity index (χ2n) is 5.27. The van der Waals surface area contributed by atoms with Gasteiger partial charge in [0.25, 0.3) is 0 Å². The summed E-state index contributed by atoms with van der Waals surface area (Å²) in [4.78, 5) is 1.41. The topological polar surface area (TPSA) is 0 Å². The first-order valence-corrected chi connectivity index (χ1v) is 8.16. The third-order valence-corrected chi connectivity index (χ3v) is 5.23. The van der Waals surface area contributed by atoms with Gasteiger partial charge in [-0.25, -0.2) is 0 Å². The lowest BCUT2D eigenvalue weighted by Gasteiger charge is -2.13. The SMILES string of the molecule is CCCSc1ccc2ccc3cccc4ccc1c2c34. The summed E-state index contributed by atoms with van der Waals surface area (Å²) in [5, 5.41) is 8.30. The highest BCUT2D eigenvalue weighted by Gasteiger charge is 2.10. The Morgan fingerprint density at radius 2 is 1.40 bits per heavy atom. The molecule has 0 bridgehead atoms. The fourth-order valence-electron chi connectivity index (χ4n) is 3.05. The largest absolute Gasteiger partial charge is 0.126 e. The second kappa shape index (κ2) is 4.68. The molecule has 20 heavy (non-hydrogen) atoms. The van der Waals surface area contributed by atoms with Crippen molar-refractivity contribution in [3.8, 4) is 0 Å². The molecule has 0 saturated heterocycles. The fourth-order valence-corrected chi connectivity index (χ4v) is 3.96. The lowest BCUT2D eigenvalue weighted by Crippen LogP contribution is -1.86. The Morgan fingerprint density at radius 1 is 0.750 bits per heavy atom. The van der Waals surface area contributed by atoms with Crippen molar-refractivity contribution in [1.29, 1.82) is 0 Å². The van der Waals surface area contributed by atoms with Crippen LogP contribution in [0.1, 0.15) is 13.3 Å². The molecule has 1 heteroatoms. The number of hydrogen-bond donors (Lipinski definition) is 0. The number of hydrogen-bond acceptors (Lipinski definition) is 1. The summed E-state index contributed by atoms with van der Waals surface area (Å²) in [6, 6.07) is 20.2. The van der Waals surface area contributed by atoms with E-state index in [0.29, 0.717) is 0 Å². The molecule has 0 N–H and O–H groups in total. The van der Waals surface area contributed by atoms with Gasteiger partial charge in [0.2, 0.25) is 0 Å². The van der Waals surface area contributed by atoms with Crippen molar-refractivity contribution in [1.82, 2.24) is 0 Å². The maximum atomic E-state index is 2.29. The van der Waals surface area contributed by atoms with Gasteiger partial charge in [-0.05, 0) is 50.6 Å². The van der Waals surface area contributed by atoms with Gasteiger partial charge in [0, 0.05) is 4.90 Å². The van der Waals surface area contributed by atoms with Crippen LogP contribution in [-0.4, -0.2) is 5.75 Å². The molecule has 0 aliphatic heterocycles. The van der Waals surface area contributed by atoms with E-state index in [1.54, 1.807) is 0 Å². The van der Waals surface area contributed by atoms with Crippen LogP contribution >= 0.6 is 11.8 Å². The summed E-state index contributed by atoms with van der Waals surface area (Å²) in [6.45, 7) is 2.24. The zero-order valence-electron chi connectivity index (χ0n) is 11.5. The van der Waals surface area contributed by atoms with E-state index in [2.05, 4.69) is 61.5 Å². The summed E-state index contributed by atoms with van der Waals surface area (Å²) >= 11 is 1.97. The molecule has 0 unspecified atom stereocenters. The van der Waals surface area contributed by atoms with E-state index < -0.39 is 0 Å². The summed E-state index contributed by atoms with van der Waals surface area (Å²) in [5.74, 6) is 1.18. The van der Waals surface area contributed by atoms with E-state index in [1.807, 2.05) is 11.8 Å². The molecular formula is C19H16S. The molecule has 0 atom stereocenters. The third kappa shape index (κ3) is 1.70. The summed E-state index contributed by atoms with van der Waals surface area (Å²) < 4.78 is 0. The van der Waals surface area contributed by atoms with Crippen LogP contribution in [0.2, 0.25) is 0 Å². The first-order chi connectivity index (χ1) is 9.88. The van der Waals surface area contributed by atoms with Crippen molar-refractivity contribution in [3.05, 3.63) is 54.6 Å². The van der Waals surface area contributed by atoms with E-state index >= 15 is 0 Å². The Bertz CT molecular complexity index is 876. The van der Waals surface area contributed by atoms with Crippen LogP contribution < -0.4 is 0 Å². The molecule has 0 nitrogen and oxygen atoms in total. The molecule has 0 aliphatic carbocycles. The highest BCUT2D eigenvalue weighted by Crippen LogP contribution is 2.38. The Balaban J connectivity index is 2.14. The van der Waals surface area contributed by atoms with E-state index in [4.69, 9.17) is 0 Å². The maximum Gasteiger partial charge on any atom is 0.0151 e. The van der Waals surface area contributed by atoms with Crippen LogP contribution in [0.3, 0.4) is 0 Å². The van der Waals surface area contributed by atoms with Crippen LogP contribution in [0.4, 0.5) is 0 Å². The normalized spacial score (nSPS) is 11.8. The second-order valence-corrected chi connectivity index (χ2v) is 6.40. The van der Waals surface area contributed by atoms with Crippen LogP contribution in [0.15, 0.2) is 59.5 Å². The highest BCUT2D eigenvalue weighted by atomic mass is 32.2. The minimum Gasteiger partial charge on any atom is -0.126 e. The third-order valence-electron chi connectivity index (χ3n) is 3.95. The average molecular weight is 276 g/mol. The van der Waals surface area contributed by atoms with E-state index in [9.17, 15) is 0 Å². The number of benzene rings is 4. The summed E-state index contributed by atoms with van der Waals surface area (Å²) in [7, 11) is 0. The van der Waals surface area contributed by atoms with E-state index in [1.165, 1.54) is 49.4 Å². The van der Waals surface area contributed by atoms with Crippen molar-refractivity contribution >= 4 is 44.1 Å². The molecule has 4 aromatic carbocycles. The Kier molecular flexibility index (Phi) is 2.82. The average Bonchev–Trinajstić information content (AvgIpc) is 2.51. The molecule has 0 amide bonds. The number of rotatable bonds is 3. The minimum absolute atomic E-state index is 1.18. The maximum absolute atomic E-state index is 2.29. The van der Waals surface area contributed by atoms with Gasteiger partial charge in [-0.1, -0.05) is 55.5 Å². The number of thioether (sulfide) groups is 1. The van der Waals surface area contributed by atoms with Crippen LogP contribution in [-0.2, 0) is 0 Å². The lowest BCUT2D eigenvalue weighted by molar-refractivity contribution is 1.11. The molecule has 0 heterocycles. The molecule has 0 fully saturated rings. The zero-order valence-corrected chi connectivity index (χ0v) is 12.3. The molecule has 0 saturated carbocycles. The first-order valence-electron chi connectivity index (χ1n) is 7.18. The van der Waals surface area contributed by atoms with Gasteiger partial charge >= 0.3 is 0 Å². The molecule has 0 aliphatic rings. The van der Waals surface area contributed by atoms with Gasteiger partial charge in [-0.3, -0.25) is 0 Å². The van der Waals surface area contributed by atoms with E-state index in [-0.39, 0.29) is 0 Å². The predicted molar refractivity (Wildman–Crippen MR) is 91.2 cm³/mol. The summed E-state index contributed by atoms with van der Waals surface area (Å²) in [6.07, 6.45) is 1.21. The van der Waals surface area contributed by atoms with Crippen LogP contribution in [0.5, 0.6) is 0 Å². The Hall–Kier alpha value is -1.73. The first kappa shape index (κ1) is 12.0. The van der Waals surface area contributed by atoms with Crippen molar-refractivity contribution in [2.75, 3.05) is 5.75 Å². The molecular weight excluding hydrogens is 260 g/mol. The van der Waals surface area contributed by atoms with Gasteiger partial charge in [-0.2, -0.15) is 0 Å². The van der Waals surface area contributed by atoms with Gasteiger partial charge in [0.1, 0.15) is 0 Å². The predicted octanol–water partition coefficient (Wildman–Crippen LogP) is 6.09. The van der Waals surface area contributed by atoms with Crippen molar-refractivity contribution in [3.63, 3.8) is 0 Å². The Labute approximate surface area is 123 Å². The molecule has 0 aromatic heterocycles. The van der Waals surface area contributed by atoms with Crippen molar-refractivity contribution in [2.45, 2.75) is 18.2 Å². The van der Waals surface area contributed by atoms with Crippen molar-refractivity contribution in [2.24, 2.45) is 0 Å². The molecule has 4 aromatic rings. The van der Waals surface area contributed by atoms with Gasteiger partial charge < -0.3 is 0 Å². The van der Waals surface area contributed by atoms with Crippen molar-refractivity contribution < 1.29 is 0 Å². The quantitative estimate of drug-likeness (QED) is 0.322. The Morgan fingerprint density at radius 3 is 2.15 bits per heavy atom. The zero-order chi connectivity index (χ0) is 13.5. The molecule has 98 valence electrons. The molecule has 0 spiro atoms. The van der Waals surface area contributed by atoms with Gasteiger partial charge in [0.15, 0.2) is 0 Å². The highest BCUT2D eigenvalue weighted by molar-refractivity contribution is 7.99. The fraction of sp³-hybridized carbons (Fsp3) is 0.158. The monoisotopic (exact) mass is 276 g/mol.